The molecule has 1 nitrogen and oxygen atoms in total. The lowest BCUT2D eigenvalue weighted by molar-refractivity contribution is 0.232. The van der Waals surface area contributed by atoms with E-state index in [0.29, 0.717) is 0 Å². The fraction of sp³-hybridized carbons (Fsp3) is 0.647. The van der Waals surface area contributed by atoms with Crippen molar-refractivity contribution in [2.24, 2.45) is 0 Å². The Balaban J connectivity index is 2.03. The predicted octanol–water partition coefficient (Wildman–Crippen LogP) is 4.63. The zero-order chi connectivity index (χ0) is 12.7. The average Bonchev–Trinajstić information content (AvgIpc) is 2.46. The number of hydrogen-bond donors (Lipinski definition) is 1. The highest BCUT2D eigenvalue weighted by Gasteiger charge is 2.32. The molecule has 18 heavy (non-hydrogen) atoms. The summed E-state index contributed by atoms with van der Waals surface area (Å²) in [5.41, 5.74) is 1.77. The Kier molecular flexibility index (Phi) is 5.25. The molecule has 0 heterocycles. The van der Waals surface area contributed by atoms with Crippen LogP contribution >= 0.6 is 0 Å². The second kappa shape index (κ2) is 6.94. The van der Waals surface area contributed by atoms with Crippen molar-refractivity contribution in [3.05, 3.63) is 35.9 Å². The van der Waals surface area contributed by atoms with Crippen molar-refractivity contribution in [3.63, 3.8) is 0 Å². The van der Waals surface area contributed by atoms with Gasteiger partial charge in [-0.15, -0.1) is 0 Å². The van der Waals surface area contributed by atoms with Crippen LogP contribution in [0.3, 0.4) is 0 Å². The van der Waals surface area contributed by atoms with Crippen molar-refractivity contribution >= 4 is 0 Å². The number of unbranched alkanes of at least 4 members (excludes halogenated alkanes) is 2. The van der Waals surface area contributed by atoms with Crippen molar-refractivity contribution in [2.75, 3.05) is 6.54 Å². The third-order valence-electron chi connectivity index (χ3n) is 4.28. The van der Waals surface area contributed by atoms with Crippen molar-refractivity contribution in [3.8, 4) is 0 Å². The van der Waals surface area contributed by atoms with Gasteiger partial charge in [0.15, 0.2) is 0 Å². The quantitative estimate of drug-likeness (QED) is 0.721. The van der Waals surface area contributed by atoms with Crippen LogP contribution in [0.2, 0.25) is 0 Å². The van der Waals surface area contributed by atoms with E-state index in [-0.39, 0.29) is 5.54 Å². The second-order valence-electron chi connectivity index (χ2n) is 5.64. The van der Waals surface area contributed by atoms with Crippen molar-refractivity contribution in [1.29, 1.82) is 0 Å². The molecule has 0 atom stereocenters. The van der Waals surface area contributed by atoms with E-state index >= 15 is 0 Å². The minimum absolute atomic E-state index is 0.271. The van der Waals surface area contributed by atoms with Crippen LogP contribution in [0.15, 0.2) is 30.3 Å². The first-order valence-corrected chi connectivity index (χ1v) is 7.68. The molecule has 2 rings (SSSR count). The Morgan fingerprint density at radius 2 is 1.72 bits per heavy atom. The van der Waals surface area contributed by atoms with Gasteiger partial charge in [-0.05, 0) is 31.4 Å². The second-order valence-corrected chi connectivity index (χ2v) is 5.64. The van der Waals surface area contributed by atoms with E-state index in [1.54, 1.807) is 0 Å². The van der Waals surface area contributed by atoms with E-state index in [1.807, 2.05) is 0 Å². The van der Waals surface area contributed by atoms with E-state index in [4.69, 9.17) is 0 Å². The zero-order valence-electron chi connectivity index (χ0n) is 11.8. The first-order chi connectivity index (χ1) is 8.87. The summed E-state index contributed by atoms with van der Waals surface area (Å²) in [6.07, 6.45) is 10.7. The van der Waals surface area contributed by atoms with Gasteiger partial charge in [0.2, 0.25) is 0 Å². The largest absolute Gasteiger partial charge is 0.307 e. The van der Waals surface area contributed by atoms with Gasteiger partial charge in [-0.2, -0.15) is 0 Å². The van der Waals surface area contributed by atoms with Gasteiger partial charge in [0.25, 0.3) is 0 Å². The molecule has 0 unspecified atom stereocenters. The van der Waals surface area contributed by atoms with E-state index in [2.05, 4.69) is 42.6 Å². The molecular formula is C17H27N. The zero-order valence-corrected chi connectivity index (χ0v) is 11.8. The molecule has 0 aromatic heterocycles. The summed E-state index contributed by atoms with van der Waals surface area (Å²) in [6, 6.07) is 11.1. The van der Waals surface area contributed by atoms with Crippen molar-refractivity contribution < 1.29 is 0 Å². The SMILES string of the molecule is CCCCCNC1(c2ccccc2)CCCCC1. The van der Waals surface area contributed by atoms with Crippen LogP contribution < -0.4 is 5.32 Å². The third-order valence-corrected chi connectivity index (χ3v) is 4.28. The number of benzene rings is 1. The summed E-state index contributed by atoms with van der Waals surface area (Å²) < 4.78 is 0. The Morgan fingerprint density at radius 1 is 1.00 bits per heavy atom. The van der Waals surface area contributed by atoms with E-state index in [1.165, 1.54) is 63.5 Å². The van der Waals surface area contributed by atoms with Crippen LogP contribution in [0.5, 0.6) is 0 Å². The number of hydrogen-bond acceptors (Lipinski definition) is 1. The summed E-state index contributed by atoms with van der Waals surface area (Å²) in [5.74, 6) is 0. The molecule has 1 fully saturated rings. The van der Waals surface area contributed by atoms with Crippen LogP contribution in [0.4, 0.5) is 0 Å². The van der Waals surface area contributed by atoms with Gasteiger partial charge in [-0.25, -0.2) is 0 Å². The summed E-state index contributed by atoms with van der Waals surface area (Å²) in [5, 5.41) is 3.89. The minimum atomic E-state index is 0.271. The standard InChI is InChI=1S/C17H27N/c1-2-3-10-15-18-17(13-8-5-9-14-17)16-11-6-4-7-12-16/h4,6-7,11-12,18H,2-3,5,8-10,13-15H2,1H3. The summed E-state index contributed by atoms with van der Waals surface area (Å²) in [6.45, 7) is 3.44. The fourth-order valence-electron chi connectivity index (χ4n) is 3.18. The molecule has 1 saturated carbocycles. The summed E-state index contributed by atoms with van der Waals surface area (Å²) in [7, 11) is 0. The topological polar surface area (TPSA) is 12.0 Å². The number of rotatable bonds is 6. The van der Waals surface area contributed by atoms with Gasteiger partial charge in [-0.1, -0.05) is 69.4 Å². The summed E-state index contributed by atoms with van der Waals surface area (Å²) in [4.78, 5) is 0. The Labute approximate surface area is 112 Å². The molecule has 0 spiro atoms. The molecule has 100 valence electrons. The molecule has 0 saturated heterocycles. The average molecular weight is 245 g/mol. The molecule has 1 aliphatic rings. The molecule has 1 aliphatic carbocycles. The Hall–Kier alpha value is -0.820. The smallest absolute Gasteiger partial charge is 0.0434 e. The van der Waals surface area contributed by atoms with E-state index in [0.717, 1.165) is 0 Å². The highest BCUT2D eigenvalue weighted by atomic mass is 15.0. The molecule has 1 heteroatoms. The lowest BCUT2D eigenvalue weighted by atomic mass is 9.76. The predicted molar refractivity (Wildman–Crippen MR) is 78.7 cm³/mol. The molecule has 1 aromatic rings. The maximum atomic E-state index is 3.89. The van der Waals surface area contributed by atoms with Crippen molar-refractivity contribution in [2.45, 2.75) is 63.8 Å². The molecule has 0 bridgehead atoms. The maximum Gasteiger partial charge on any atom is 0.0434 e. The monoisotopic (exact) mass is 245 g/mol. The first-order valence-electron chi connectivity index (χ1n) is 7.68. The molecular weight excluding hydrogens is 218 g/mol. The highest BCUT2D eigenvalue weighted by Crippen LogP contribution is 2.36. The lowest BCUT2D eigenvalue weighted by Gasteiger charge is -2.39. The number of nitrogens with one attached hydrogen (secondary N) is 1. The van der Waals surface area contributed by atoms with E-state index in [9.17, 15) is 0 Å². The van der Waals surface area contributed by atoms with Crippen LogP contribution in [0, 0.1) is 0 Å². The maximum absolute atomic E-state index is 3.89. The van der Waals surface area contributed by atoms with Crippen LogP contribution in [-0.2, 0) is 5.54 Å². The fourth-order valence-corrected chi connectivity index (χ4v) is 3.18. The highest BCUT2D eigenvalue weighted by molar-refractivity contribution is 5.25. The van der Waals surface area contributed by atoms with Gasteiger partial charge in [0.1, 0.15) is 0 Å². The molecule has 1 aromatic carbocycles. The Morgan fingerprint density at radius 3 is 2.39 bits per heavy atom. The van der Waals surface area contributed by atoms with Crippen LogP contribution in [0.1, 0.15) is 63.9 Å². The lowest BCUT2D eigenvalue weighted by Crippen LogP contribution is -2.44. The molecule has 1 N–H and O–H groups in total. The van der Waals surface area contributed by atoms with Gasteiger partial charge in [0, 0.05) is 5.54 Å². The minimum Gasteiger partial charge on any atom is -0.307 e. The van der Waals surface area contributed by atoms with E-state index < -0.39 is 0 Å². The molecule has 0 radical (unpaired) electrons. The van der Waals surface area contributed by atoms with Gasteiger partial charge < -0.3 is 5.32 Å². The van der Waals surface area contributed by atoms with Gasteiger partial charge >= 0.3 is 0 Å². The summed E-state index contributed by atoms with van der Waals surface area (Å²) >= 11 is 0. The third kappa shape index (κ3) is 3.35. The van der Waals surface area contributed by atoms with Crippen LogP contribution in [0.25, 0.3) is 0 Å². The molecule has 0 amide bonds. The van der Waals surface area contributed by atoms with Crippen molar-refractivity contribution in [1.82, 2.24) is 5.32 Å². The Bertz CT molecular complexity index is 325. The normalized spacial score (nSPS) is 18.7. The van der Waals surface area contributed by atoms with Crippen LogP contribution in [-0.4, -0.2) is 6.54 Å². The van der Waals surface area contributed by atoms with Gasteiger partial charge in [0.05, 0.1) is 0 Å². The van der Waals surface area contributed by atoms with Gasteiger partial charge in [-0.3, -0.25) is 0 Å². The molecule has 0 aliphatic heterocycles. The first kappa shape index (κ1) is 13.6.